The van der Waals surface area contributed by atoms with Crippen LogP contribution in [0.5, 0.6) is 5.75 Å². The second-order valence-corrected chi connectivity index (χ2v) is 9.76. The number of benzene rings is 1. The maximum Gasteiger partial charge on any atom is 0.231 e. The molecule has 32 heavy (non-hydrogen) atoms. The van der Waals surface area contributed by atoms with Crippen LogP contribution in [-0.4, -0.2) is 52.1 Å². The molecule has 0 bridgehead atoms. The Kier molecular flexibility index (Phi) is 5.69. The number of amides is 2. The molecular formula is C24H34N4O4. The second-order valence-electron chi connectivity index (χ2n) is 9.76. The monoisotopic (exact) mass is 442 g/mol. The molecule has 4 N–H and O–H groups in total. The molecule has 8 nitrogen and oxygen atoms in total. The summed E-state index contributed by atoms with van der Waals surface area (Å²) >= 11 is 0. The first-order valence-corrected chi connectivity index (χ1v) is 11.5. The van der Waals surface area contributed by atoms with Crippen molar-refractivity contribution >= 4 is 17.8 Å². The Morgan fingerprint density at radius 1 is 1.34 bits per heavy atom. The number of guanidine groups is 1. The summed E-state index contributed by atoms with van der Waals surface area (Å²) in [4.78, 5) is 32.2. The van der Waals surface area contributed by atoms with E-state index in [4.69, 9.17) is 10.5 Å². The predicted octanol–water partition coefficient (Wildman–Crippen LogP) is 1.98. The average molecular weight is 443 g/mol. The number of hydrogen-bond donors (Lipinski definition) is 3. The quantitative estimate of drug-likeness (QED) is 0.623. The number of carbonyl (C=O) groups excluding carboxylic acids is 2. The van der Waals surface area contributed by atoms with Crippen LogP contribution in [0.25, 0.3) is 0 Å². The Bertz CT molecular complexity index is 940. The molecule has 5 atom stereocenters. The van der Waals surface area contributed by atoms with E-state index in [0.29, 0.717) is 18.7 Å². The van der Waals surface area contributed by atoms with E-state index in [1.54, 1.807) is 6.92 Å². The number of rotatable bonds is 6. The number of aliphatic imine (C=N–C) groups is 1. The molecule has 0 spiro atoms. The van der Waals surface area contributed by atoms with Crippen molar-refractivity contribution in [2.75, 3.05) is 13.2 Å². The molecule has 0 saturated heterocycles. The van der Waals surface area contributed by atoms with Crippen LogP contribution in [0.2, 0.25) is 0 Å². The highest BCUT2D eigenvalue weighted by atomic mass is 16.5. The maximum absolute atomic E-state index is 13.2. The van der Waals surface area contributed by atoms with Gasteiger partial charge in [-0.05, 0) is 37.7 Å². The third kappa shape index (κ3) is 3.85. The van der Waals surface area contributed by atoms with Gasteiger partial charge < -0.3 is 20.9 Å². The molecule has 174 valence electrons. The normalized spacial score (nSPS) is 33.1. The van der Waals surface area contributed by atoms with Gasteiger partial charge in [-0.1, -0.05) is 39.0 Å². The van der Waals surface area contributed by atoms with Gasteiger partial charge in [-0.15, -0.1) is 0 Å². The van der Waals surface area contributed by atoms with Crippen molar-refractivity contribution in [2.24, 2.45) is 28.5 Å². The molecule has 2 aliphatic heterocycles. The van der Waals surface area contributed by atoms with Crippen molar-refractivity contribution in [3.05, 3.63) is 29.8 Å². The maximum atomic E-state index is 13.2. The third-order valence-electron chi connectivity index (χ3n) is 7.64. The lowest BCUT2D eigenvalue weighted by Crippen LogP contribution is -2.52. The molecule has 0 radical (unpaired) electrons. The van der Waals surface area contributed by atoms with Crippen LogP contribution in [0, 0.1) is 17.8 Å². The van der Waals surface area contributed by atoms with E-state index in [9.17, 15) is 14.7 Å². The summed E-state index contributed by atoms with van der Waals surface area (Å²) in [6, 6.07) is 6.86. The fourth-order valence-electron chi connectivity index (χ4n) is 5.13. The lowest BCUT2D eigenvalue weighted by atomic mass is 9.87. The summed E-state index contributed by atoms with van der Waals surface area (Å²) in [7, 11) is 0. The van der Waals surface area contributed by atoms with Gasteiger partial charge in [0.05, 0.1) is 18.0 Å². The van der Waals surface area contributed by atoms with Crippen LogP contribution < -0.4 is 15.8 Å². The first-order valence-electron chi connectivity index (χ1n) is 11.5. The van der Waals surface area contributed by atoms with Crippen molar-refractivity contribution in [1.82, 2.24) is 10.2 Å². The van der Waals surface area contributed by atoms with Crippen molar-refractivity contribution in [3.8, 4) is 5.75 Å². The Hall–Kier alpha value is -2.61. The molecule has 8 heteroatoms. The van der Waals surface area contributed by atoms with Crippen LogP contribution in [0.15, 0.2) is 29.3 Å². The molecule has 3 aliphatic rings. The van der Waals surface area contributed by atoms with E-state index < -0.39 is 17.2 Å². The SMILES string of the molecule is CCC1(CC)CC(=O)N(C[C@H]2C(C)[C@@H]2C(=O)N[C@@H]2c3ccccc3OCC2(C)O)C(N)=N1. The number of hydrogen-bond acceptors (Lipinski definition) is 6. The molecule has 0 aromatic heterocycles. The first kappa shape index (κ1) is 22.6. The van der Waals surface area contributed by atoms with Crippen LogP contribution >= 0.6 is 0 Å². The van der Waals surface area contributed by atoms with E-state index in [2.05, 4.69) is 10.3 Å². The minimum absolute atomic E-state index is 0.00323. The van der Waals surface area contributed by atoms with Gasteiger partial charge in [0, 0.05) is 18.0 Å². The number of aliphatic hydroxyl groups is 1. The number of carbonyl (C=O) groups is 2. The first-order chi connectivity index (χ1) is 15.1. The summed E-state index contributed by atoms with van der Waals surface area (Å²) in [5.74, 6) is 0.641. The van der Waals surface area contributed by atoms with Crippen molar-refractivity contribution in [1.29, 1.82) is 0 Å². The third-order valence-corrected chi connectivity index (χ3v) is 7.64. The highest BCUT2D eigenvalue weighted by Gasteiger charge is 2.54. The molecule has 1 fully saturated rings. The average Bonchev–Trinajstić information content (AvgIpc) is 3.41. The highest BCUT2D eigenvalue weighted by Crippen LogP contribution is 2.48. The Morgan fingerprint density at radius 3 is 2.69 bits per heavy atom. The van der Waals surface area contributed by atoms with Crippen molar-refractivity contribution < 1.29 is 19.4 Å². The molecule has 2 amide bonds. The Labute approximate surface area is 189 Å². The van der Waals surface area contributed by atoms with E-state index in [1.807, 2.05) is 45.0 Å². The molecule has 1 aromatic carbocycles. The number of fused-ring (bicyclic) bond motifs is 1. The minimum atomic E-state index is -1.22. The van der Waals surface area contributed by atoms with Gasteiger partial charge in [-0.3, -0.25) is 14.5 Å². The van der Waals surface area contributed by atoms with Gasteiger partial charge in [0.2, 0.25) is 11.8 Å². The highest BCUT2D eigenvalue weighted by molar-refractivity contribution is 5.99. The van der Waals surface area contributed by atoms with Gasteiger partial charge in [0.15, 0.2) is 5.96 Å². The fourth-order valence-corrected chi connectivity index (χ4v) is 5.13. The van der Waals surface area contributed by atoms with Crippen LogP contribution in [0.3, 0.4) is 0 Å². The number of nitrogens with zero attached hydrogens (tertiary/aromatic N) is 2. The lowest BCUT2D eigenvalue weighted by Gasteiger charge is -2.38. The van der Waals surface area contributed by atoms with E-state index in [0.717, 1.165) is 18.4 Å². The molecular weight excluding hydrogens is 408 g/mol. The van der Waals surface area contributed by atoms with E-state index >= 15 is 0 Å². The summed E-state index contributed by atoms with van der Waals surface area (Å²) in [6.45, 7) is 8.21. The number of nitrogens with one attached hydrogen (secondary N) is 1. The zero-order valence-corrected chi connectivity index (χ0v) is 19.3. The van der Waals surface area contributed by atoms with Crippen molar-refractivity contribution in [3.63, 3.8) is 0 Å². The predicted molar refractivity (Wildman–Crippen MR) is 121 cm³/mol. The van der Waals surface area contributed by atoms with Crippen molar-refractivity contribution in [2.45, 2.75) is 64.1 Å². The van der Waals surface area contributed by atoms with E-state index in [-0.39, 0.29) is 42.1 Å². The zero-order chi connectivity index (χ0) is 23.3. The van der Waals surface area contributed by atoms with Crippen LogP contribution in [0.1, 0.15) is 58.6 Å². The van der Waals surface area contributed by atoms with Gasteiger partial charge in [-0.2, -0.15) is 0 Å². The Morgan fingerprint density at radius 2 is 2.03 bits per heavy atom. The molecule has 2 heterocycles. The fraction of sp³-hybridized carbons (Fsp3) is 0.625. The second kappa shape index (κ2) is 8.06. The van der Waals surface area contributed by atoms with Gasteiger partial charge in [-0.25, -0.2) is 4.99 Å². The van der Waals surface area contributed by atoms with Crippen LogP contribution in [-0.2, 0) is 9.59 Å². The number of nitrogens with two attached hydrogens (primary N) is 1. The van der Waals surface area contributed by atoms with Gasteiger partial charge >= 0.3 is 0 Å². The molecule has 1 aromatic rings. The molecule has 2 unspecified atom stereocenters. The minimum Gasteiger partial charge on any atom is -0.490 e. The standard InChI is InChI=1S/C24H34N4O4/c1-5-24(6-2)11-18(29)28(22(25)27-24)12-16-14(3)19(16)21(30)26-20-15-9-7-8-10-17(15)32-13-23(20,4)31/h7-10,14,16,19-20,31H,5-6,11-13H2,1-4H3,(H2,25,27)(H,26,30)/t14?,16-,19-,20+,23?/m0/s1. The summed E-state index contributed by atoms with van der Waals surface area (Å²) in [5, 5.41) is 13.9. The summed E-state index contributed by atoms with van der Waals surface area (Å²) in [6.07, 6.45) is 1.88. The topological polar surface area (TPSA) is 117 Å². The number of para-hydroxylation sites is 1. The molecule has 1 saturated carbocycles. The zero-order valence-electron chi connectivity index (χ0n) is 19.3. The summed E-state index contributed by atoms with van der Waals surface area (Å²) < 4.78 is 5.66. The number of ether oxygens (including phenoxy) is 1. The summed E-state index contributed by atoms with van der Waals surface area (Å²) in [5.41, 5.74) is 5.32. The largest absolute Gasteiger partial charge is 0.490 e. The van der Waals surface area contributed by atoms with Crippen LogP contribution in [0.4, 0.5) is 0 Å². The molecule has 1 aliphatic carbocycles. The Balaban J connectivity index is 1.45. The lowest BCUT2D eigenvalue weighted by molar-refractivity contribution is -0.131. The van der Waals surface area contributed by atoms with E-state index in [1.165, 1.54) is 4.90 Å². The smallest absolute Gasteiger partial charge is 0.231 e. The molecule has 4 rings (SSSR count). The van der Waals surface area contributed by atoms with Gasteiger partial charge in [0.1, 0.15) is 18.0 Å². The van der Waals surface area contributed by atoms with Gasteiger partial charge in [0.25, 0.3) is 0 Å².